The molecule has 3 rings (SSSR count). The van der Waals surface area contributed by atoms with Gasteiger partial charge in [-0.1, -0.05) is 0 Å². The van der Waals surface area contributed by atoms with Crippen LogP contribution in [0.3, 0.4) is 0 Å². The predicted octanol–water partition coefficient (Wildman–Crippen LogP) is 2.11. The number of halogens is 1. The lowest BCUT2D eigenvalue weighted by Crippen LogP contribution is -2.50. The van der Waals surface area contributed by atoms with Crippen LogP contribution < -0.4 is 4.74 Å². The fraction of sp³-hybridized carbons (Fsp3) is 0.357. The molecule has 0 amide bonds. The first-order valence-electron chi connectivity index (χ1n) is 6.26. The second kappa shape index (κ2) is 5.20. The van der Waals surface area contributed by atoms with Crippen molar-refractivity contribution in [3.05, 3.63) is 34.7 Å². The van der Waals surface area contributed by atoms with E-state index in [4.69, 9.17) is 9.47 Å². The highest BCUT2D eigenvalue weighted by Gasteiger charge is 2.42. The highest BCUT2D eigenvalue weighted by atomic mass is 79.9. The maximum Gasteiger partial charge on any atom is 0.133 e. The Morgan fingerprint density at radius 2 is 2.30 bits per heavy atom. The molecule has 0 aliphatic carbocycles. The average Bonchev–Trinajstić information content (AvgIpc) is 2.88. The molecule has 0 saturated carbocycles. The summed E-state index contributed by atoms with van der Waals surface area (Å²) in [7, 11) is 1.63. The van der Waals surface area contributed by atoms with E-state index in [-0.39, 0.29) is 12.0 Å². The van der Waals surface area contributed by atoms with Gasteiger partial charge in [0.1, 0.15) is 11.6 Å². The number of ether oxygens (including phenoxy) is 2. The van der Waals surface area contributed by atoms with Crippen molar-refractivity contribution < 1.29 is 14.6 Å². The number of hydrogen-bond acceptors (Lipinski definition) is 4. The van der Waals surface area contributed by atoms with Gasteiger partial charge < -0.3 is 19.6 Å². The smallest absolute Gasteiger partial charge is 0.133 e. The average molecular weight is 339 g/mol. The number of benzene rings is 1. The lowest BCUT2D eigenvalue weighted by molar-refractivity contribution is -0.0880. The number of aliphatic hydroxyl groups is 1. The maximum absolute atomic E-state index is 9.52. The Hall–Kier alpha value is -1.37. The predicted molar refractivity (Wildman–Crippen MR) is 77.9 cm³/mol. The Morgan fingerprint density at radius 3 is 2.85 bits per heavy atom. The van der Waals surface area contributed by atoms with E-state index in [0.29, 0.717) is 13.2 Å². The summed E-state index contributed by atoms with van der Waals surface area (Å²) in [6.07, 6.45) is 1.78. The quantitative estimate of drug-likeness (QED) is 0.895. The first-order valence-corrected chi connectivity index (χ1v) is 7.06. The molecule has 1 fully saturated rings. The molecule has 0 bridgehead atoms. The summed E-state index contributed by atoms with van der Waals surface area (Å²) in [4.78, 5) is 7.66. The van der Waals surface area contributed by atoms with E-state index in [0.717, 1.165) is 27.3 Å². The van der Waals surface area contributed by atoms with E-state index in [1.807, 2.05) is 18.2 Å². The molecule has 1 aliphatic rings. The maximum atomic E-state index is 9.52. The molecule has 2 aromatic rings. The molecule has 2 N–H and O–H groups in total. The molecule has 1 aliphatic heterocycles. The van der Waals surface area contributed by atoms with Crippen molar-refractivity contribution in [1.82, 2.24) is 9.97 Å². The topological polar surface area (TPSA) is 67.4 Å². The number of H-pyrrole nitrogens is 1. The first-order chi connectivity index (χ1) is 9.68. The van der Waals surface area contributed by atoms with Crippen molar-refractivity contribution in [2.75, 3.05) is 26.9 Å². The van der Waals surface area contributed by atoms with Gasteiger partial charge in [0.05, 0.1) is 48.7 Å². The lowest BCUT2D eigenvalue weighted by Gasteiger charge is -2.37. The summed E-state index contributed by atoms with van der Waals surface area (Å²) >= 11 is 3.47. The van der Waals surface area contributed by atoms with Crippen LogP contribution in [0, 0.1) is 0 Å². The molecule has 5 nitrogen and oxygen atoms in total. The number of imidazole rings is 1. The van der Waals surface area contributed by atoms with Gasteiger partial charge in [0.2, 0.25) is 0 Å². The zero-order valence-corrected chi connectivity index (χ0v) is 12.6. The zero-order valence-electron chi connectivity index (χ0n) is 11.0. The van der Waals surface area contributed by atoms with E-state index < -0.39 is 0 Å². The fourth-order valence-electron chi connectivity index (χ4n) is 2.22. The largest absolute Gasteiger partial charge is 0.496 e. The van der Waals surface area contributed by atoms with Crippen LogP contribution in [0.2, 0.25) is 0 Å². The summed E-state index contributed by atoms with van der Waals surface area (Å²) < 4.78 is 11.3. The summed E-state index contributed by atoms with van der Waals surface area (Å²) in [6.45, 7) is 1.04. The number of nitrogens with zero attached hydrogens (tertiary/aromatic N) is 1. The van der Waals surface area contributed by atoms with Gasteiger partial charge in [-0.3, -0.25) is 0 Å². The number of rotatable bonds is 4. The van der Waals surface area contributed by atoms with Gasteiger partial charge in [-0.2, -0.15) is 0 Å². The minimum Gasteiger partial charge on any atom is -0.496 e. The second-order valence-electron chi connectivity index (χ2n) is 4.93. The SMILES string of the molecule is COc1ccc(-c2cnc(C3(CO)COC3)[nH]2)cc1Br. The third kappa shape index (κ3) is 2.13. The van der Waals surface area contributed by atoms with Crippen LogP contribution in [-0.2, 0) is 10.2 Å². The summed E-state index contributed by atoms with van der Waals surface area (Å²) in [5, 5.41) is 9.52. The summed E-state index contributed by atoms with van der Waals surface area (Å²) in [5.74, 6) is 1.56. The van der Waals surface area contributed by atoms with Crippen LogP contribution in [0.4, 0.5) is 0 Å². The molecule has 20 heavy (non-hydrogen) atoms. The number of methoxy groups -OCH3 is 1. The van der Waals surface area contributed by atoms with Gasteiger partial charge in [-0.15, -0.1) is 0 Å². The monoisotopic (exact) mass is 338 g/mol. The fourth-order valence-corrected chi connectivity index (χ4v) is 2.76. The second-order valence-corrected chi connectivity index (χ2v) is 5.78. The van der Waals surface area contributed by atoms with Crippen LogP contribution in [-0.4, -0.2) is 42.0 Å². The number of aromatic amines is 1. The minimum absolute atomic E-state index is 0.0340. The third-order valence-electron chi connectivity index (χ3n) is 3.60. The van der Waals surface area contributed by atoms with E-state index in [2.05, 4.69) is 25.9 Å². The Balaban J connectivity index is 1.92. The molecule has 0 spiro atoms. The van der Waals surface area contributed by atoms with Crippen LogP contribution in [0.1, 0.15) is 5.82 Å². The standard InChI is InChI=1S/C14H15BrN2O3/c1-19-12-3-2-9(4-10(12)15)11-5-16-13(17-11)14(6-18)7-20-8-14/h2-5,18H,6-8H2,1H3,(H,16,17). The van der Waals surface area contributed by atoms with Crippen LogP contribution >= 0.6 is 15.9 Å². The van der Waals surface area contributed by atoms with Crippen molar-refractivity contribution >= 4 is 15.9 Å². The molecule has 6 heteroatoms. The molecule has 0 radical (unpaired) electrons. The highest BCUT2D eigenvalue weighted by molar-refractivity contribution is 9.10. The van der Waals surface area contributed by atoms with Crippen molar-refractivity contribution in [2.24, 2.45) is 0 Å². The highest BCUT2D eigenvalue weighted by Crippen LogP contribution is 2.33. The molecular weight excluding hydrogens is 324 g/mol. The van der Waals surface area contributed by atoms with Crippen LogP contribution in [0.5, 0.6) is 5.75 Å². The van der Waals surface area contributed by atoms with Gasteiger partial charge in [-0.05, 0) is 34.1 Å². The normalized spacial score (nSPS) is 16.8. The summed E-state index contributed by atoms with van der Waals surface area (Å²) in [6, 6.07) is 5.83. The molecule has 1 aromatic heterocycles. The summed E-state index contributed by atoms with van der Waals surface area (Å²) in [5.41, 5.74) is 1.54. The van der Waals surface area contributed by atoms with Crippen molar-refractivity contribution in [1.29, 1.82) is 0 Å². The van der Waals surface area contributed by atoms with E-state index in [1.54, 1.807) is 13.3 Å². The molecule has 1 aromatic carbocycles. The Bertz CT molecular complexity index is 617. The molecule has 0 unspecified atom stereocenters. The van der Waals surface area contributed by atoms with Crippen molar-refractivity contribution in [3.8, 4) is 17.0 Å². The van der Waals surface area contributed by atoms with Gasteiger partial charge >= 0.3 is 0 Å². The number of hydrogen-bond donors (Lipinski definition) is 2. The number of nitrogens with one attached hydrogen (secondary N) is 1. The van der Waals surface area contributed by atoms with Gasteiger partial charge in [-0.25, -0.2) is 4.98 Å². The van der Waals surface area contributed by atoms with Gasteiger partial charge in [0.15, 0.2) is 0 Å². The van der Waals surface area contributed by atoms with Crippen molar-refractivity contribution in [3.63, 3.8) is 0 Å². The molecular formula is C14H15BrN2O3. The number of aromatic nitrogens is 2. The molecule has 106 valence electrons. The molecule has 0 atom stereocenters. The van der Waals surface area contributed by atoms with Gasteiger partial charge in [0.25, 0.3) is 0 Å². The van der Waals surface area contributed by atoms with E-state index >= 15 is 0 Å². The van der Waals surface area contributed by atoms with Crippen LogP contribution in [0.25, 0.3) is 11.3 Å². The van der Waals surface area contributed by atoms with Gasteiger partial charge in [0, 0.05) is 5.56 Å². The molecule has 2 heterocycles. The van der Waals surface area contributed by atoms with E-state index in [1.165, 1.54) is 0 Å². The first kappa shape index (κ1) is 13.6. The Morgan fingerprint density at radius 1 is 1.50 bits per heavy atom. The minimum atomic E-state index is -0.373. The Kier molecular flexibility index (Phi) is 3.54. The van der Waals surface area contributed by atoms with E-state index in [9.17, 15) is 5.11 Å². The van der Waals surface area contributed by atoms with Crippen molar-refractivity contribution in [2.45, 2.75) is 5.41 Å². The Labute approximate surface area is 125 Å². The number of aliphatic hydroxyl groups excluding tert-OH is 1. The lowest BCUT2D eigenvalue weighted by atomic mass is 9.86. The van der Waals surface area contributed by atoms with Crippen LogP contribution in [0.15, 0.2) is 28.9 Å². The molecule has 1 saturated heterocycles. The zero-order chi connectivity index (χ0) is 14.2. The third-order valence-corrected chi connectivity index (χ3v) is 4.22.